The summed E-state index contributed by atoms with van der Waals surface area (Å²) in [5, 5.41) is 8.09. The Kier molecular flexibility index (Phi) is 6.27. The molecule has 0 saturated carbocycles. The fourth-order valence-corrected chi connectivity index (χ4v) is 2.19. The third-order valence-corrected chi connectivity index (χ3v) is 3.30. The average Bonchev–Trinajstić information content (AvgIpc) is 2.62. The van der Waals surface area contributed by atoms with E-state index in [0.29, 0.717) is 0 Å². The van der Waals surface area contributed by atoms with Crippen LogP contribution in [-0.4, -0.2) is 41.9 Å². The number of hydrogen-bond donors (Lipinski definition) is 1. The normalized spacial score (nSPS) is 16.2. The summed E-state index contributed by atoms with van der Waals surface area (Å²) < 4.78 is 0. The van der Waals surface area contributed by atoms with E-state index in [1.54, 1.807) is 0 Å². The third-order valence-electron chi connectivity index (χ3n) is 3.30. The largest absolute Gasteiger partial charge is 0.341 e. The minimum atomic E-state index is 0.771. The van der Waals surface area contributed by atoms with E-state index in [1.165, 1.54) is 38.5 Å². The van der Waals surface area contributed by atoms with Gasteiger partial charge in [0.05, 0.1) is 0 Å². The van der Waals surface area contributed by atoms with Gasteiger partial charge in [-0.15, -0.1) is 0 Å². The summed E-state index contributed by atoms with van der Waals surface area (Å²) in [5.74, 6) is 0.771. The van der Waals surface area contributed by atoms with E-state index in [4.69, 9.17) is 5.41 Å². The van der Waals surface area contributed by atoms with Gasteiger partial charge in [-0.05, 0) is 12.8 Å². The summed E-state index contributed by atoms with van der Waals surface area (Å²) in [4.78, 5) is 4.48. The van der Waals surface area contributed by atoms with Crippen LogP contribution in [0.3, 0.4) is 0 Å². The number of hydrogen-bond acceptors (Lipinski definition) is 1. The highest BCUT2D eigenvalue weighted by atomic mass is 15.4. The lowest BCUT2D eigenvalue weighted by molar-refractivity contribution is 0.434. The molecule has 1 N–H and O–H groups in total. The maximum atomic E-state index is 8.09. The molecule has 0 bridgehead atoms. The van der Waals surface area contributed by atoms with Gasteiger partial charge in [0.2, 0.25) is 0 Å². The van der Waals surface area contributed by atoms with Crippen molar-refractivity contribution < 1.29 is 0 Å². The molecule has 0 unspecified atom stereocenters. The molecular weight excluding hydrogens is 198 g/mol. The van der Waals surface area contributed by atoms with E-state index in [1.807, 2.05) is 0 Å². The highest BCUT2D eigenvalue weighted by Gasteiger charge is 2.23. The Morgan fingerprint density at radius 1 is 0.875 bits per heavy atom. The van der Waals surface area contributed by atoms with Crippen LogP contribution in [0.1, 0.15) is 52.4 Å². The molecule has 3 nitrogen and oxygen atoms in total. The zero-order valence-electron chi connectivity index (χ0n) is 11.0. The Hall–Kier alpha value is -0.730. The van der Waals surface area contributed by atoms with Gasteiger partial charge in [-0.1, -0.05) is 39.5 Å². The van der Waals surface area contributed by atoms with E-state index in [9.17, 15) is 0 Å². The lowest BCUT2D eigenvalue weighted by Crippen LogP contribution is -2.33. The molecule has 1 heterocycles. The molecule has 0 aromatic rings. The lowest BCUT2D eigenvalue weighted by atomic mass is 10.2. The zero-order chi connectivity index (χ0) is 11.8. The van der Waals surface area contributed by atoms with Crippen molar-refractivity contribution in [3.05, 3.63) is 0 Å². The summed E-state index contributed by atoms with van der Waals surface area (Å²) >= 11 is 0. The van der Waals surface area contributed by atoms with Crippen LogP contribution in [0.15, 0.2) is 0 Å². The number of rotatable bonds is 8. The van der Waals surface area contributed by atoms with Gasteiger partial charge in [0.25, 0.3) is 0 Å². The fraction of sp³-hybridized carbons (Fsp3) is 0.923. The summed E-state index contributed by atoms with van der Waals surface area (Å²) in [6.07, 6.45) is 7.59. The molecule has 1 aliphatic rings. The van der Waals surface area contributed by atoms with Crippen LogP contribution in [0.4, 0.5) is 0 Å². The Morgan fingerprint density at radius 3 is 1.69 bits per heavy atom. The van der Waals surface area contributed by atoms with Gasteiger partial charge in [-0.2, -0.15) is 0 Å². The molecule has 3 heteroatoms. The first-order chi connectivity index (χ1) is 7.79. The monoisotopic (exact) mass is 225 g/mol. The predicted molar refractivity (Wildman–Crippen MR) is 69.9 cm³/mol. The molecule has 16 heavy (non-hydrogen) atoms. The van der Waals surface area contributed by atoms with E-state index >= 15 is 0 Å². The SMILES string of the molecule is CCCCCN1CCN(CCCCC)C1=N. The minimum Gasteiger partial charge on any atom is -0.341 e. The molecule has 1 saturated heterocycles. The van der Waals surface area contributed by atoms with Crippen LogP contribution in [0.25, 0.3) is 0 Å². The maximum Gasteiger partial charge on any atom is 0.193 e. The van der Waals surface area contributed by atoms with Crippen molar-refractivity contribution in [1.82, 2.24) is 9.80 Å². The van der Waals surface area contributed by atoms with Crippen molar-refractivity contribution in [2.24, 2.45) is 0 Å². The van der Waals surface area contributed by atoms with E-state index in [-0.39, 0.29) is 0 Å². The van der Waals surface area contributed by atoms with Crippen LogP contribution < -0.4 is 0 Å². The quantitative estimate of drug-likeness (QED) is 0.644. The zero-order valence-corrected chi connectivity index (χ0v) is 11.0. The van der Waals surface area contributed by atoms with Crippen LogP contribution in [0.5, 0.6) is 0 Å². The highest BCUT2D eigenvalue weighted by Crippen LogP contribution is 2.10. The molecule has 0 spiro atoms. The maximum absolute atomic E-state index is 8.09. The second kappa shape index (κ2) is 7.53. The number of nitrogens with one attached hydrogen (secondary N) is 1. The molecule has 1 rings (SSSR count). The van der Waals surface area contributed by atoms with E-state index in [2.05, 4.69) is 23.6 Å². The third kappa shape index (κ3) is 4.03. The standard InChI is InChI=1S/C13H27N3/c1-3-5-7-9-15-11-12-16(13(15)14)10-8-6-4-2/h14H,3-12H2,1-2H3. The Morgan fingerprint density at radius 2 is 1.31 bits per heavy atom. The average molecular weight is 225 g/mol. The molecule has 0 aromatic carbocycles. The van der Waals surface area contributed by atoms with Crippen LogP contribution in [-0.2, 0) is 0 Å². The molecule has 0 aromatic heterocycles. The summed E-state index contributed by atoms with van der Waals surface area (Å²) in [5.41, 5.74) is 0. The first-order valence-electron chi connectivity index (χ1n) is 6.88. The Bertz CT molecular complexity index is 183. The van der Waals surface area contributed by atoms with Gasteiger partial charge < -0.3 is 9.80 Å². The summed E-state index contributed by atoms with van der Waals surface area (Å²) in [6, 6.07) is 0. The fourth-order valence-electron chi connectivity index (χ4n) is 2.19. The predicted octanol–water partition coefficient (Wildman–Crippen LogP) is 2.92. The second-order valence-corrected chi connectivity index (χ2v) is 4.71. The lowest BCUT2D eigenvalue weighted by Gasteiger charge is -2.21. The van der Waals surface area contributed by atoms with Gasteiger partial charge in [0.15, 0.2) is 5.96 Å². The van der Waals surface area contributed by atoms with Crippen molar-refractivity contribution in [3.63, 3.8) is 0 Å². The first kappa shape index (κ1) is 13.3. The number of nitrogens with zero attached hydrogens (tertiary/aromatic N) is 2. The van der Waals surface area contributed by atoms with Crippen LogP contribution in [0.2, 0.25) is 0 Å². The van der Waals surface area contributed by atoms with Gasteiger partial charge in [0, 0.05) is 26.2 Å². The van der Waals surface area contributed by atoms with Crippen molar-refractivity contribution in [2.45, 2.75) is 52.4 Å². The number of guanidine groups is 1. The molecule has 0 amide bonds. The van der Waals surface area contributed by atoms with Gasteiger partial charge in [-0.3, -0.25) is 5.41 Å². The van der Waals surface area contributed by atoms with Gasteiger partial charge in [0.1, 0.15) is 0 Å². The topological polar surface area (TPSA) is 30.3 Å². The molecule has 94 valence electrons. The molecule has 0 atom stereocenters. The Labute approximate surface area is 100 Å². The molecule has 0 aliphatic carbocycles. The van der Waals surface area contributed by atoms with E-state index < -0.39 is 0 Å². The second-order valence-electron chi connectivity index (χ2n) is 4.71. The first-order valence-corrected chi connectivity index (χ1v) is 6.88. The summed E-state index contributed by atoms with van der Waals surface area (Å²) in [6.45, 7) is 8.75. The van der Waals surface area contributed by atoms with E-state index in [0.717, 1.165) is 32.1 Å². The molecular formula is C13H27N3. The van der Waals surface area contributed by atoms with Crippen molar-refractivity contribution in [1.29, 1.82) is 5.41 Å². The van der Waals surface area contributed by atoms with Gasteiger partial charge in [-0.25, -0.2) is 0 Å². The molecule has 1 fully saturated rings. The molecule has 0 radical (unpaired) electrons. The van der Waals surface area contributed by atoms with Crippen molar-refractivity contribution >= 4 is 5.96 Å². The number of unbranched alkanes of at least 4 members (excludes halogenated alkanes) is 4. The minimum absolute atomic E-state index is 0.771. The Balaban J connectivity index is 2.19. The molecule has 1 aliphatic heterocycles. The van der Waals surface area contributed by atoms with Crippen molar-refractivity contribution in [3.8, 4) is 0 Å². The highest BCUT2D eigenvalue weighted by molar-refractivity contribution is 5.78. The smallest absolute Gasteiger partial charge is 0.193 e. The van der Waals surface area contributed by atoms with Crippen molar-refractivity contribution in [2.75, 3.05) is 26.2 Å². The summed E-state index contributed by atoms with van der Waals surface area (Å²) in [7, 11) is 0. The van der Waals surface area contributed by atoms with Gasteiger partial charge >= 0.3 is 0 Å². The van der Waals surface area contributed by atoms with Crippen LogP contribution >= 0.6 is 0 Å². The van der Waals surface area contributed by atoms with Crippen LogP contribution in [0, 0.1) is 5.41 Å².